The molecule has 0 aliphatic rings. The summed E-state index contributed by atoms with van der Waals surface area (Å²) < 4.78 is 10.9. The third kappa shape index (κ3) is 4.94. The second-order valence-electron chi connectivity index (χ2n) is 4.87. The maximum Gasteiger partial charge on any atom is 0.161 e. The van der Waals surface area contributed by atoms with Gasteiger partial charge in [0.2, 0.25) is 0 Å². The molecule has 0 aliphatic carbocycles. The molecule has 4 nitrogen and oxygen atoms in total. The summed E-state index contributed by atoms with van der Waals surface area (Å²) >= 11 is 0. The van der Waals surface area contributed by atoms with E-state index in [4.69, 9.17) is 9.47 Å². The Kier molecular flexibility index (Phi) is 5.44. The average Bonchev–Trinajstić information content (AvgIpc) is 2.33. The molecule has 0 saturated heterocycles. The van der Waals surface area contributed by atoms with Crippen LogP contribution >= 0.6 is 0 Å². The van der Waals surface area contributed by atoms with Crippen LogP contribution in [0.1, 0.15) is 26.3 Å². The van der Waals surface area contributed by atoms with Crippen molar-refractivity contribution in [2.75, 3.05) is 20.3 Å². The number of rotatable bonds is 7. The Morgan fingerprint density at radius 3 is 2.56 bits per heavy atom. The minimum Gasteiger partial charge on any atom is -0.493 e. The van der Waals surface area contributed by atoms with Gasteiger partial charge in [0, 0.05) is 6.54 Å². The van der Waals surface area contributed by atoms with Crippen molar-refractivity contribution in [2.45, 2.75) is 32.9 Å². The first kappa shape index (κ1) is 14.8. The van der Waals surface area contributed by atoms with E-state index < -0.39 is 5.60 Å². The Balaban J connectivity index is 2.73. The zero-order valence-electron chi connectivity index (χ0n) is 11.6. The summed E-state index contributed by atoms with van der Waals surface area (Å²) in [6.45, 7) is 7.45. The van der Waals surface area contributed by atoms with Crippen LogP contribution in [0.2, 0.25) is 0 Å². The topological polar surface area (TPSA) is 50.7 Å². The molecule has 0 aromatic heterocycles. The summed E-state index contributed by atoms with van der Waals surface area (Å²) in [6.07, 6.45) is 0. The standard InChI is InChI=1S/C14H23NO3/c1-5-15-9-11-6-7-12(13(8-11)17-4)18-10-14(2,3)16/h6-8,15-16H,5,9-10H2,1-4H3. The molecule has 0 aliphatic heterocycles. The van der Waals surface area contributed by atoms with Crippen molar-refractivity contribution in [3.63, 3.8) is 0 Å². The second-order valence-corrected chi connectivity index (χ2v) is 4.87. The van der Waals surface area contributed by atoms with Crippen LogP contribution in [0.25, 0.3) is 0 Å². The zero-order chi connectivity index (χ0) is 13.6. The number of hydrogen-bond acceptors (Lipinski definition) is 4. The van der Waals surface area contributed by atoms with E-state index in [1.54, 1.807) is 21.0 Å². The molecule has 1 aromatic rings. The molecule has 18 heavy (non-hydrogen) atoms. The summed E-state index contributed by atoms with van der Waals surface area (Å²) in [5.74, 6) is 1.34. The lowest BCUT2D eigenvalue weighted by Gasteiger charge is -2.19. The highest BCUT2D eigenvalue weighted by Gasteiger charge is 2.15. The van der Waals surface area contributed by atoms with Crippen molar-refractivity contribution >= 4 is 0 Å². The Morgan fingerprint density at radius 2 is 2.00 bits per heavy atom. The molecule has 0 saturated carbocycles. The number of methoxy groups -OCH3 is 1. The smallest absolute Gasteiger partial charge is 0.161 e. The molecule has 0 heterocycles. The van der Waals surface area contributed by atoms with Crippen molar-refractivity contribution in [3.05, 3.63) is 23.8 Å². The van der Waals surface area contributed by atoms with Crippen molar-refractivity contribution in [2.24, 2.45) is 0 Å². The van der Waals surface area contributed by atoms with Crippen molar-refractivity contribution in [3.8, 4) is 11.5 Å². The minimum absolute atomic E-state index is 0.232. The van der Waals surface area contributed by atoms with Gasteiger partial charge in [-0.25, -0.2) is 0 Å². The van der Waals surface area contributed by atoms with Crippen LogP contribution in [-0.4, -0.2) is 31.0 Å². The zero-order valence-corrected chi connectivity index (χ0v) is 11.6. The van der Waals surface area contributed by atoms with Crippen LogP contribution in [0, 0.1) is 0 Å². The predicted octanol–water partition coefficient (Wildman–Crippen LogP) is 1.95. The SMILES string of the molecule is CCNCc1ccc(OCC(C)(C)O)c(OC)c1. The fourth-order valence-corrected chi connectivity index (χ4v) is 1.46. The molecular formula is C14H23NO3. The van der Waals surface area contributed by atoms with Gasteiger partial charge in [0.25, 0.3) is 0 Å². The quantitative estimate of drug-likeness (QED) is 0.780. The maximum absolute atomic E-state index is 9.64. The van der Waals surface area contributed by atoms with Crippen LogP contribution in [0.3, 0.4) is 0 Å². The first-order chi connectivity index (χ1) is 8.46. The van der Waals surface area contributed by atoms with Crippen LogP contribution in [0.5, 0.6) is 11.5 Å². The Bertz CT molecular complexity index is 372. The van der Waals surface area contributed by atoms with Gasteiger partial charge in [-0.1, -0.05) is 13.0 Å². The van der Waals surface area contributed by atoms with E-state index in [1.165, 1.54) is 0 Å². The highest BCUT2D eigenvalue weighted by atomic mass is 16.5. The van der Waals surface area contributed by atoms with E-state index in [-0.39, 0.29) is 6.61 Å². The molecule has 2 N–H and O–H groups in total. The lowest BCUT2D eigenvalue weighted by molar-refractivity contribution is 0.0276. The first-order valence-corrected chi connectivity index (χ1v) is 6.19. The molecule has 1 rings (SSSR count). The number of aliphatic hydroxyl groups is 1. The Morgan fingerprint density at radius 1 is 1.28 bits per heavy atom. The van der Waals surface area contributed by atoms with Crippen LogP contribution in [-0.2, 0) is 6.54 Å². The Hall–Kier alpha value is -1.26. The fraction of sp³-hybridized carbons (Fsp3) is 0.571. The number of nitrogens with one attached hydrogen (secondary N) is 1. The molecule has 0 radical (unpaired) electrons. The monoisotopic (exact) mass is 253 g/mol. The summed E-state index contributed by atoms with van der Waals surface area (Å²) in [5, 5.41) is 12.9. The molecule has 0 atom stereocenters. The molecule has 0 unspecified atom stereocenters. The lowest BCUT2D eigenvalue weighted by Crippen LogP contribution is -2.28. The summed E-state index contributed by atoms with van der Waals surface area (Å²) in [5.41, 5.74) is 0.289. The van der Waals surface area contributed by atoms with E-state index >= 15 is 0 Å². The van der Waals surface area contributed by atoms with Crippen LogP contribution < -0.4 is 14.8 Å². The highest BCUT2D eigenvalue weighted by molar-refractivity contribution is 5.43. The Labute approximate surface area is 109 Å². The fourth-order valence-electron chi connectivity index (χ4n) is 1.46. The molecule has 0 amide bonds. The van der Waals surface area contributed by atoms with Gasteiger partial charge >= 0.3 is 0 Å². The predicted molar refractivity (Wildman–Crippen MR) is 72.2 cm³/mol. The van der Waals surface area contributed by atoms with Gasteiger partial charge in [-0.3, -0.25) is 0 Å². The van der Waals surface area contributed by atoms with Crippen molar-refractivity contribution in [1.29, 1.82) is 0 Å². The normalized spacial score (nSPS) is 11.4. The van der Waals surface area contributed by atoms with E-state index in [0.29, 0.717) is 11.5 Å². The van der Waals surface area contributed by atoms with Gasteiger partial charge in [-0.2, -0.15) is 0 Å². The maximum atomic E-state index is 9.64. The molecule has 0 spiro atoms. The minimum atomic E-state index is -0.854. The number of benzene rings is 1. The van der Waals surface area contributed by atoms with Gasteiger partial charge in [-0.15, -0.1) is 0 Å². The second kappa shape index (κ2) is 6.61. The van der Waals surface area contributed by atoms with Crippen molar-refractivity contribution in [1.82, 2.24) is 5.32 Å². The van der Waals surface area contributed by atoms with Gasteiger partial charge in [0.1, 0.15) is 6.61 Å². The van der Waals surface area contributed by atoms with Crippen molar-refractivity contribution < 1.29 is 14.6 Å². The molecular weight excluding hydrogens is 230 g/mol. The summed E-state index contributed by atoms with van der Waals surface area (Å²) in [6, 6.07) is 5.81. The van der Waals surface area contributed by atoms with E-state index in [9.17, 15) is 5.11 Å². The first-order valence-electron chi connectivity index (χ1n) is 6.19. The summed E-state index contributed by atoms with van der Waals surface area (Å²) in [4.78, 5) is 0. The van der Waals surface area contributed by atoms with Gasteiger partial charge in [0.15, 0.2) is 11.5 Å². The van der Waals surface area contributed by atoms with Gasteiger partial charge in [-0.05, 0) is 38.1 Å². The third-order valence-corrected chi connectivity index (χ3v) is 2.39. The number of hydrogen-bond donors (Lipinski definition) is 2. The third-order valence-electron chi connectivity index (χ3n) is 2.39. The lowest BCUT2D eigenvalue weighted by atomic mass is 10.1. The molecule has 0 bridgehead atoms. The molecule has 1 aromatic carbocycles. The molecule has 0 fully saturated rings. The summed E-state index contributed by atoms with van der Waals surface area (Å²) in [7, 11) is 1.61. The highest BCUT2D eigenvalue weighted by Crippen LogP contribution is 2.28. The molecule has 4 heteroatoms. The van der Waals surface area contributed by atoms with E-state index in [2.05, 4.69) is 12.2 Å². The van der Waals surface area contributed by atoms with Gasteiger partial charge in [0.05, 0.1) is 12.7 Å². The number of ether oxygens (including phenoxy) is 2. The van der Waals surface area contributed by atoms with Crippen LogP contribution in [0.15, 0.2) is 18.2 Å². The van der Waals surface area contributed by atoms with E-state index in [1.807, 2.05) is 18.2 Å². The van der Waals surface area contributed by atoms with E-state index in [0.717, 1.165) is 18.7 Å². The molecule has 102 valence electrons. The van der Waals surface area contributed by atoms with Gasteiger partial charge < -0.3 is 19.9 Å². The average molecular weight is 253 g/mol. The van der Waals surface area contributed by atoms with Crippen LogP contribution in [0.4, 0.5) is 0 Å². The largest absolute Gasteiger partial charge is 0.493 e.